The zero-order chi connectivity index (χ0) is 19.4. The molecule has 2 aromatic rings. The van der Waals surface area contributed by atoms with Gasteiger partial charge in [-0.05, 0) is 30.2 Å². The predicted octanol–water partition coefficient (Wildman–Crippen LogP) is 1.88. The average molecular weight is 386 g/mol. The van der Waals surface area contributed by atoms with E-state index in [-0.39, 0.29) is 29.4 Å². The lowest BCUT2D eigenvalue weighted by Crippen LogP contribution is -2.38. The molecule has 1 saturated heterocycles. The lowest BCUT2D eigenvalue weighted by atomic mass is 10.1. The standard InChI is InChI=1S/C20H22N2O4S/c1-22(18-10-11-27(25,26)14-18)20(24)17-9-5-8-16(12-17)19(23)21-13-15-6-3-2-4-7-15/h2-9,12,18H,10-11,13-14H2,1H3,(H,21,23). The van der Waals surface area contributed by atoms with E-state index in [2.05, 4.69) is 5.32 Å². The number of rotatable bonds is 5. The van der Waals surface area contributed by atoms with E-state index in [1.807, 2.05) is 30.3 Å². The number of carbonyl (C=O) groups is 2. The number of hydrogen-bond donors (Lipinski definition) is 1. The Kier molecular flexibility index (Phi) is 5.60. The summed E-state index contributed by atoms with van der Waals surface area (Å²) < 4.78 is 23.3. The Hall–Kier alpha value is -2.67. The predicted molar refractivity (Wildman–Crippen MR) is 103 cm³/mol. The largest absolute Gasteiger partial charge is 0.348 e. The second-order valence-electron chi connectivity index (χ2n) is 6.72. The van der Waals surface area contributed by atoms with Gasteiger partial charge in [0, 0.05) is 30.8 Å². The fourth-order valence-electron chi connectivity index (χ4n) is 3.12. The van der Waals surface area contributed by atoms with E-state index in [1.165, 1.54) is 4.90 Å². The van der Waals surface area contributed by atoms with E-state index < -0.39 is 9.84 Å². The van der Waals surface area contributed by atoms with Gasteiger partial charge in [-0.25, -0.2) is 8.42 Å². The molecule has 0 bridgehead atoms. The highest BCUT2D eigenvalue weighted by Gasteiger charge is 2.33. The van der Waals surface area contributed by atoms with Crippen molar-refractivity contribution in [2.75, 3.05) is 18.6 Å². The Bertz CT molecular complexity index is 941. The first-order chi connectivity index (χ1) is 12.9. The summed E-state index contributed by atoms with van der Waals surface area (Å²) in [4.78, 5) is 26.5. The minimum absolute atomic E-state index is 0.00745. The molecule has 0 radical (unpaired) electrons. The van der Waals surface area contributed by atoms with E-state index in [0.717, 1.165) is 5.56 Å². The van der Waals surface area contributed by atoms with Crippen molar-refractivity contribution in [3.8, 4) is 0 Å². The van der Waals surface area contributed by atoms with Gasteiger partial charge in [-0.15, -0.1) is 0 Å². The Morgan fingerprint density at radius 1 is 1.07 bits per heavy atom. The average Bonchev–Trinajstić information content (AvgIpc) is 3.05. The Morgan fingerprint density at radius 3 is 2.44 bits per heavy atom. The third-order valence-corrected chi connectivity index (χ3v) is 6.49. The molecule has 1 aliphatic heterocycles. The van der Waals surface area contributed by atoms with Gasteiger partial charge < -0.3 is 10.2 Å². The summed E-state index contributed by atoms with van der Waals surface area (Å²) in [7, 11) is -1.46. The molecule has 1 unspecified atom stereocenters. The Labute approximate surface area is 159 Å². The number of nitrogens with one attached hydrogen (secondary N) is 1. The van der Waals surface area contributed by atoms with Crippen LogP contribution in [0.5, 0.6) is 0 Å². The summed E-state index contributed by atoms with van der Waals surface area (Å²) in [5, 5.41) is 2.83. The number of nitrogens with zero attached hydrogens (tertiary/aromatic N) is 1. The normalized spacial score (nSPS) is 18.0. The minimum atomic E-state index is -3.07. The van der Waals surface area contributed by atoms with Gasteiger partial charge in [0.05, 0.1) is 11.5 Å². The topological polar surface area (TPSA) is 83.6 Å². The fourth-order valence-corrected chi connectivity index (χ4v) is 4.90. The first kappa shape index (κ1) is 19.1. The van der Waals surface area contributed by atoms with Gasteiger partial charge in [-0.2, -0.15) is 0 Å². The molecule has 3 rings (SSSR count). The van der Waals surface area contributed by atoms with Crippen molar-refractivity contribution in [2.24, 2.45) is 0 Å². The molecule has 142 valence electrons. The van der Waals surface area contributed by atoms with Crippen LogP contribution in [0.3, 0.4) is 0 Å². The molecular weight excluding hydrogens is 364 g/mol. The summed E-state index contributed by atoms with van der Waals surface area (Å²) in [5.41, 5.74) is 1.75. The van der Waals surface area contributed by atoms with Crippen molar-refractivity contribution < 1.29 is 18.0 Å². The highest BCUT2D eigenvalue weighted by atomic mass is 32.2. The van der Waals surface area contributed by atoms with Gasteiger partial charge in [0.15, 0.2) is 9.84 Å². The number of carbonyl (C=O) groups excluding carboxylic acids is 2. The number of hydrogen-bond acceptors (Lipinski definition) is 4. The molecule has 6 nitrogen and oxygen atoms in total. The van der Waals surface area contributed by atoms with Gasteiger partial charge >= 0.3 is 0 Å². The number of benzene rings is 2. The molecular formula is C20H22N2O4S. The first-order valence-corrected chi connectivity index (χ1v) is 10.6. The van der Waals surface area contributed by atoms with Gasteiger partial charge in [0.25, 0.3) is 11.8 Å². The van der Waals surface area contributed by atoms with Crippen LogP contribution in [-0.4, -0.2) is 49.7 Å². The summed E-state index contributed by atoms with van der Waals surface area (Å²) in [6, 6.07) is 15.7. The molecule has 1 N–H and O–H groups in total. The van der Waals surface area contributed by atoms with E-state index in [9.17, 15) is 18.0 Å². The van der Waals surface area contributed by atoms with Crippen molar-refractivity contribution in [2.45, 2.75) is 19.0 Å². The highest BCUT2D eigenvalue weighted by molar-refractivity contribution is 7.91. The van der Waals surface area contributed by atoms with Crippen LogP contribution in [-0.2, 0) is 16.4 Å². The quantitative estimate of drug-likeness (QED) is 0.850. The highest BCUT2D eigenvalue weighted by Crippen LogP contribution is 2.19. The lowest BCUT2D eigenvalue weighted by Gasteiger charge is -2.23. The molecule has 0 saturated carbocycles. The zero-order valence-corrected chi connectivity index (χ0v) is 15.9. The zero-order valence-electron chi connectivity index (χ0n) is 15.1. The molecule has 2 amide bonds. The number of sulfone groups is 1. The van der Waals surface area contributed by atoms with E-state index in [0.29, 0.717) is 24.1 Å². The molecule has 1 atom stereocenters. The second kappa shape index (κ2) is 7.92. The maximum absolute atomic E-state index is 12.7. The van der Waals surface area contributed by atoms with Crippen molar-refractivity contribution in [3.63, 3.8) is 0 Å². The molecule has 7 heteroatoms. The summed E-state index contributed by atoms with van der Waals surface area (Å²) >= 11 is 0. The van der Waals surface area contributed by atoms with Crippen LogP contribution in [0.4, 0.5) is 0 Å². The van der Waals surface area contributed by atoms with Crippen molar-refractivity contribution in [3.05, 3.63) is 71.3 Å². The SMILES string of the molecule is CN(C(=O)c1cccc(C(=O)NCc2ccccc2)c1)C1CCS(=O)(=O)C1. The maximum atomic E-state index is 12.7. The third kappa shape index (κ3) is 4.74. The molecule has 1 aliphatic rings. The Balaban J connectivity index is 1.67. The Morgan fingerprint density at radius 2 is 1.78 bits per heavy atom. The monoisotopic (exact) mass is 386 g/mol. The summed E-state index contributed by atoms with van der Waals surface area (Å²) in [6.45, 7) is 0.400. The molecule has 0 spiro atoms. The van der Waals surface area contributed by atoms with Crippen LogP contribution in [0.15, 0.2) is 54.6 Å². The van der Waals surface area contributed by atoms with Gasteiger partial charge in [0.1, 0.15) is 0 Å². The van der Waals surface area contributed by atoms with Crippen LogP contribution >= 0.6 is 0 Å². The molecule has 1 fully saturated rings. The van der Waals surface area contributed by atoms with E-state index >= 15 is 0 Å². The van der Waals surface area contributed by atoms with Crippen LogP contribution in [0.25, 0.3) is 0 Å². The molecule has 0 aromatic heterocycles. The van der Waals surface area contributed by atoms with Crippen molar-refractivity contribution in [1.29, 1.82) is 0 Å². The van der Waals surface area contributed by atoms with Crippen LogP contribution in [0.1, 0.15) is 32.7 Å². The van der Waals surface area contributed by atoms with E-state index in [4.69, 9.17) is 0 Å². The molecule has 0 aliphatic carbocycles. The van der Waals surface area contributed by atoms with Crippen LogP contribution < -0.4 is 5.32 Å². The maximum Gasteiger partial charge on any atom is 0.253 e. The fraction of sp³-hybridized carbons (Fsp3) is 0.300. The van der Waals surface area contributed by atoms with Gasteiger partial charge in [-0.1, -0.05) is 36.4 Å². The second-order valence-corrected chi connectivity index (χ2v) is 8.95. The molecule has 27 heavy (non-hydrogen) atoms. The van der Waals surface area contributed by atoms with Crippen molar-refractivity contribution in [1.82, 2.24) is 10.2 Å². The van der Waals surface area contributed by atoms with Gasteiger partial charge in [-0.3, -0.25) is 9.59 Å². The van der Waals surface area contributed by atoms with Crippen LogP contribution in [0, 0.1) is 0 Å². The number of amides is 2. The first-order valence-electron chi connectivity index (χ1n) is 8.75. The lowest BCUT2D eigenvalue weighted by molar-refractivity contribution is 0.0747. The molecule has 2 aromatic carbocycles. The minimum Gasteiger partial charge on any atom is -0.348 e. The molecule has 1 heterocycles. The van der Waals surface area contributed by atoms with Gasteiger partial charge in [0.2, 0.25) is 0 Å². The summed E-state index contributed by atoms with van der Waals surface area (Å²) in [6.07, 6.45) is 0.446. The van der Waals surface area contributed by atoms with E-state index in [1.54, 1.807) is 31.3 Å². The summed E-state index contributed by atoms with van der Waals surface area (Å²) in [5.74, 6) is -0.446. The van der Waals surface area contributed by atoms with Crippen LogP contribution in [0.2, 0.25) is 0 Å². The smallest absolute Gasteiger partial charge is 0.253 e. The third-order valence-electron chi connectivity index (χ3n) is 4.74. The van der Waals surface area contributed by atoms with Crippen molar-refractivity contribution >= 4 is 21.7 Å².